The standard InChI is InChI=1S/C25H21Cl2N/c1-25(2,3)17-10-8-16(9-11-17)20-15-24(19-6-4-5-7-22(19)27)28-23-13-12-18(26)14-21(20)23/h4-15H,1-3H3. The molecule has 0 atom stereocenters. The third-order valence-electron chi connectivity index (χ3n) is 4.98. The molecule has 4 rings (SSSR count). The molecule has 0 aliphatic rings. The summed E-state index contributed by atoms with van der Waals surface area (Å²) >= 11 is 12.7. The van der Waals surface area contributed by atoms with Crippen molar-refractivity contribution in [1.82, 2.24) is 4.98 Å². The third kappa shape index (κ3) is 3.65. The molecule has 140 valence electrons. The molecule has 0 aliphatic carbocycles. The maximum Gasteiger partial charge on any atom is 0.0730 e. The van der Waals surface area contributed by atoms with E-state index in [1.807, 2.05) is 42.5 Å². The van der Waals surface area contributed by atoms with Crippen LogP contribution in [0.25, 0.3) is 33.3 Å². The molecule has 0 saturated carbocycles. The highest BCUT2D eigenvalue weighted by Crippen LogP contribution is 2.36. The lowest BCUT2D eigenvalue weighted by Gasteiger charge is -2.19. The van der Waals surface area contributed by atoms with Crippen LogP contribution in [0.4, 0.5) is 0 Å². The topological polar surface area (TPSA) is 12.9 Å². The molecule has 1 nitrogen and oxygen atoms in total. The normalized spacial score (nSPS) is 11.8. The van der Waals surface area contributed by atoms with Gasteiger partial charge in [0.15, 0.2) is 0 Å². The molecule has 0 fully saturated rings. The Morgan fingerprint density at radius 3 is 2.14 bits per heavy atom. The van der Waals surface area contributed by atoms with E-state index in [2.05, 4.69) is 51.1 Å². The van der Waals surface area contributed by atoms with Gasteiger partial charge in [0.05, 0.1) is 11.2 Å². The van der Waals surface area contributed by atoms with Crippen molar-refractivity contribution in [2.75, 3.05) is 0 Å². The lowest BCUT2D eigenvalue weighted by atomic mass is 9.86. The van der Waals surface area contributed by atoms with Crippen molar-refractivity contribution < 1.29 is 0 Å². The van der Waals surface area contributed by atoms with Crippen LogP contribution in [0.5, 0.6) is 0 Å². The minimum atomic E-state index is 0.116. The Labute approximate surface area is 176 Å². The van der Waals surface area contributed by atoms with Crippen molar-refractivity contribution in [2.24, 2.45) is 0 Å². The van der Waals surface area contributed by atoms with Gasteiger partial charge in [0, 0.05) is 21.0 Å². The van der Waals surface area contributed by atoms with Crippen molar-refractivity contribution >= 4 is 34.1 Å². The first-order chi connectivity index (χ1) is 13.3. The fraction of sp³-hybridized carbons (Fsp3) is 0.160. The summed E-state index contributed by atoms with van der Waals surface area (Å²) in [7, 11) is 0. The van der Waals surface area contributed by atoms with Gasteiger partial charge in [0.25, 0.3) is 0 Å². The zero-order valence-corrected chi connectivity index (χ0v) is 17.6. The van der Waals surface area contributed by atoms with Gasteiger partial charge in [-0.2, -0.15) is 0 Å². The fourth-order valence-corrected chi connectivity index (χ4v) is 3.80. The van der Waals surface area contributed by atoms with E-state index >= 15 is 0 Å². The molecule has 3 aromatic carbocycles. The van der Waals surface area contributed by atoms with Crippen LogP contribution in [-0.2, 0) is 5.41 Å². The number of hydrogen-bond donors (Lipinski definition) is 0. The number of halogens is 2. The highest BCUT2D eigenvalue weighted by Gasteiger charge is 2.15. The molecular weight excluding hydrogens is 385 g/mol. The average molecular weight is 406 g/mol. The van der Waals surface area contributed by atoms with Crippen LogP contribution in [0.3, 0.4) is 0 Å². The van der Waals surface area contributed by atoms with Crippen LogP contribution in [0.1, 0.15) is 26.3 Å². The molecule has 1 aromatic heterocycles. The average Bonchev–Trinajstić information content (AvgIpc) is 2.67. The van der Waals surface area contributed by atoms with Gasteiger partial charge in [-0.3, -0.25) is 0 Å². The van der Waals surface area contributed by atoms with Gasteiger partial charge in [0.1, 0.15) is 0 Å². The fourth-order valence-electron chi connectivity index (χ4n) is 3.39. The molecule has 0 spiro atoms. The Morgan fingerprint density at radius 1 is 0.750 bits per heavy atom. The van der Waals surface area contributed by atoms with Crippen molar-refractivity contribution in [3.8, 4) is 22.4 Å². The minimum Gasteiger partial charge on any atom is -0.248 e. The van der Waals surface area contributed by atoms with Crippen LogP contribution in [0.15, 0.2) is 72.8 Å². The van der Waals surface area contributed by atoms with Crippen LogP contribution in [-0.4, -0.2) is 4.98 Å². The van der Waals surface area contributed by atoms with Crippen molar-refractivity contribution in [1.29, 1.82) is 0 Å². The summed E-state index contributed by atoms with van der Waals surface area (Å²) in [4.78, 5) is 4.85. The van der Waals surface area contributed by atoms with Crippen molar-refractivity contribution in [3.05, 3.63) is 88.4 Å². The van der Waals surface area contributed by atoms with Crippen molar-refractivity contribution in [3.63, 3.8) is 0 Å². The Kier molecular flexibility index (Phi) is 4.91. The molecule has 0 bridgehead atoms. The highest BCUT2D eigenvalue weighted by molar-refractivity contribution is 6.33. The molecule has 0 aliphatic heterocycles. The predicted molar refractivity (Wildman–Crippen MR) is 121 cm³/mol. The second-order valence-electron chi connectivity index (χ2n) is 8.02. The summed E-state index contributed by atoms with van der Waals surface area (Å²) in [5.74, 6) is 0. The Balaban J connectivity index is 1.96. The van der Waals surface area contributed by atoms with Gasteiger partial charge in [-0.1, -0.05) is 86.4 Å². The first kappa shape index (κ1) is 19.0. The summed E-state index contributed by atoms with van der Waals surface area (Å²) in [5, 5.41) is 2.43. The molecule has 0 radical (unpaired) electrons. The molecular formula is C25H21Cl2N. The van der Waals surface area contributed by atoms with Gasteiger partial charge in [-0.25, -0.2) is 4.98 Å². The monoisotopic (exact) mass is 405 g/mol. The molecule has 0 saturated heterocycles. The predicted octanol–water partition coefficient (Wildman–Crippen LogP) is 8.17. The Bertz CT molecular complexity index is 1160. The second-order valence-corrected chi connectivity index (χ2v) is 8.87. The van der Waals surface area contributed by atoms with E-state index in [1.165, 1.54) is 5.56 Å². The van der Waals surface area contributed by atoms with Crippen LogP contribution in [0, 0.1) is 0 Å². The molecule has 4 aromatic rings. The van der Waals surface area contributed by atoms with E-state index < -0.39 is 0 Å². The van der Waals surface area contributed by atoms with Gasteiger partial charge in [-0.15, -0.1) is 0 Å². The van der Waals surface area contributed by atoms with Crippen molar-refractivity contribution in [2.45, 2.75) is 26.2 Å². The first-order valence-electron chi connectivity index (χ1n) is 9.29. The van der Waals surface area contributed by atoms with E-state index in [1.54, 1.807) is 0 Å². The highest BCUT2D eigenvalue weighted by atomic mass is 35.5. The van der Waals surface area contributed by atoms with Gasteiger partial charge >= 0.3 is 0 Å². The van der Waals surface area contributed by atoms with E-state index in [0.717, 1.165) is 33.3 Å². The second kappa shape index (κ2) is 7.24. The van der Waals surface area contributed by atoms with E-state index in [-0.39, 0.29) is 5.41 Å². The van der Waals surface area contributed by atoms with E-state index in [0.29, 0.717) is 10.0 Å². The molecule has 0 N–H and O–H groups in total. The quantitative estimate of drug-likeness (QED) is 0.327. The molecule has 0 amide bonds. The zero-order valence-electron chi connectivity index (χ0n) is 16.1. The van der Waals surface area contributed by atoms with Gasteiger partial charge in [-0.05, 0) is 52.4 Å². The zero-order chi connectivity index (χ0) is 19.9. The number of nitrogens with zero attached hydrogens (tertiary/aromatic N) is 1. The molecule has 1 heterocycles. The van der Waals surface area contributed by atoms with Crippen LogP contribution >= 0.6 is 23.2 Å². The summed E-state index contributed by atoms with van der Waals surface area (Å²) in [6, 6.07) is 24.5. The third-order valence-corrected chi connectivity index (χ3v) is 5.55. The van der Waals surface area contributed by atoms with E-state index in [4.69, 9.17) is 28.2 Å². The SMILES string of the molecule is CC(C)(C)c1ccc(-c2cc(-c3ccccc3Cl)nc3ccc(Cl)cc23)cc1. The number of hydrogen-bond acceptors (Lipinski definition) is 1. The Morgan fingerprint density at radius 2 is 1.46 bits per heavy atom. The summed E-state index contributed by atoms with van der Waals surface area (Å²) in [5.41, 5.74) is 6.34. The number of fused-ring (bicyclic) bond motifs is 1. The number of aromatic nitrogens is 1. The maximum atomic E-state index is 6.44. The molecule has 0 unspecified atom stereocenters. The largest absolute Gasteiger partial charge is 0.248 e. The Hall–Kier alpha value is -2.35. The number of benzene rings is 3. The maximum absolute atomic E-state index is 6.44. The first-order valence-corrected chi connectivity index (χ1v) is 10.0. The number of pyridine rings is 1. The summed E-state index contributed by atoms with van der Waals surface area (Å²) < 4.78 is 0. The summed E-state index contributed by atoms with van der Waals surface area (Å²) in [6.45, 7) is 6.66. The molecule has 3 heteroatoms. The lowest BCUT2D eigenvalue weighted by molar-refractivity contribution is 0.590. The van der Waals surface area contributed by atoms with E-state index in [9.17, 15) is 0 Å². The minimum absolute atomic E-state index is 0.116. The number of rotatable bonds is 2. The van der Waals surface area contributed by atoms with Gasteiger partial charge in [0.2, 0.25) is 0 Å². The summed E-state index contributed by atoms with van der Waals surface area (Å²) in [6.07, 6.45) is 0. The van der Waals surface area contributed by atoms with Crippen LogP contribution in [0.2, 0.25) is 10.0 Å². The van der Waals surface area contributed by atoms with Crippen LogP contribution < -0.4 is 0 Å². The lowest BCUT2D eigenvalue weighted by Crippen LogP contribution is -2.10. The van der Waals surface area contributed by atoms with Gasteiger partial charge < -0.3 is 0 Å². The smallest absolute Gasteiger partial charge is 0.0730 e. The molecule has 28 heavy (non-hydrogen) atoms.